The normalized spacial score (nSPS) is 31.4. The fraction of sp³-hybridized carbons (Fsp3) is 0.450. The number of furan rings is 1. The predicted molar refractivity (Wildman–Crippen MR) is 199 cm³/mol. The topological polar surface area (TPSA) is 178 Å². The highest BCUT2D eigenvalue weighted by molar-refractivity contribution is 8.01. The summed E-state index contributed by atoms with van der Waals surface area (Å²) in [5.74, 6) is 0.780. The Kier molecular flexibility index (Phi) is 7.62. The number of phenols is 1. The molecule has 14 nitrogen and oxygen atoms in total. The molecule has 8 aliphatic heterocycles. The molecular weight excluding hydrogens is 729 g/mol. The van der Waals surface area contributed by atoms with E-state index in [-0.39, 0.29) is 50.5 Å². The van der Waals surface area contributed by atoms with Crippen molar-refractivity contribution in [2.45, 2.75) is 73.6 Å². The largest absolute Gasteiger partial charge is 0.504 e. The highest BCUT2D eigenvalue weighted by atomic mass is 32.2. The number of fused-ring (bicyclic) bond motifs is 7. The maximum Gasteiger partial charge on any atom is 0.345 e. The first-order valence-corrected chi connectivity index (χ1v) is 19.4. The van der Waals surface area contributed by atoms with E-state index in [9.17, 15) is 15.0 Å². The van der Waals surface area contributed by atoms with Crippen LogP contribution in [0.3, 0.4) is 0 Å². The predicted octanol–water partition coefficient (Wildman–Crippen LogP) is 3.73. The van der Waals surface area contributed by atoms with Gasteiger partial charge in [-0.1, -0.05) is 24.3 Å². The minimum absolute atomic E-state index is 0.0101. The van der Waals surface area contributed by atoms with E-state index in [1.807, 2.05) is 56.1 Å². The molecular formula is C40H42N4O10S. The van der Waals surface area contributed by atoms with Gasteiger partial charge in [-0.2, -0.15) is 0 Å². The van der Waals surface area contributed by atoms with Gasteiger partial charge in [-0.3, -0.25) is 19.9 Å². The number of para-hydroxylation sites is 1. The van der Waals surface area contributed by atoms with Crippen LogP contribution in [0.1, 0.15) is 69.0 Å². The van der Waals surface area contributed by atoms with Crippen LogP contribution in [0, 0.1) is 13.8 Å². The van der Waals surface area contributed by atoms with Gasteiger partial charge in [0.15, 0.2) is 28.8 Å². The second kappa shape index (κ2) is 12.0. The van der Waals surface area contributed by atoms with Gasteiger partial charge in [0.05, 0.1) is 24.4 Å². The third-order valence-corrected chi connectivity index (χ3v) is 13.9. The number of carbonyl (C=O) groups excluding carboxylic acids is 2. The van der Waals surface area contributed by atoms with Crippen LogP contribution in [-0.4, -0.2) is 90.4 Å². The van der Waals surface area contributed by atoms with Crippen LogP contribution in [0.4, 0.5) is 0 Å². The van der Waals surface area contributed by atoms with Crippen LogP contribution >= 0.6 is 11.8 Å². The number of carbonyl (C=O) groups is 2. The number of aryl methyl sites for hydroxylation is 1. The molecule has 0 aliphatic carbocycles. The van der Waals surface area contributed by atoms with Gasteiger partial charge in [-0.25, -0.2) is 4.79 Å². The molecule has 1 aromatic heterocycles. The molecule has 8 aliphatic rings. The zero-order chi connectivity index (χ0) is 38.3. The van der Waals surface area contributed by atoms with Gasteiger partial charge in [0.1, 0.15) is 23.7 Å². The summed E-state index contributed by atoms with van der Waals surface area (Å²) in [5, 5.41) is 29.0. The zero-order valence-corrected chi connectivity index (χ0v) is 31.9. The minimum atomic E-state index is -1.65. The van der Waals surface area contributed by atoms with Crippen molar-refractivity contribution in [1.82, 2.24) is 15.1 Å². The van der Waals surface area contributed by atoms with E-state index in [2.05, 4.69) is 10.2 Å². The van der Waals surface area contributed by atoms with Crippen LogP contribution in [0.2, 0.25) is 0 Å². The van der Waals surface area contributed by atoms with Crippen molar-refractivity contribution < 1.29 is 47.9 Å². The lowest BCUT2D eigenvalue weighted by Crippen LogP contribution is -2.69. The minimum Gasteiger partial charge on any atom is -0.504 e. The van der Waals surface area contributed by atoms with E-state index in [0.29, 0.717) is 57.3 Å². The number of nitrogens with two attached hydrogens (primary N) is 1. The smallest absolute Gasteiger partial charge is 0.345 e. The first-order valence-electron chi connectivity index (χ1n) is 18.5. The van der Waals surface area contributed by atoms with Crippen molar-refractivity contribution in [2.75, 3.05) is 40.6 Å². The lowest BCUT2D eigenvalue weighted by Gasteiger charge is -2.60. The summed E-state index contributed by atoms with van der Waals surface area (Å²) in [6.45, 7) is 5.18. The summed E-state index contributed by atoms with van der Waals surface area (Å²) >= 11 is 1.28. The third-order valence-electron chi connectivity index (χ3n) is 12.3. The average molecular weight is 771 g/mol. The van der Waals surface area contributed by atoms with Gasteiger partial charge in [0.2, 0.25) is 11.7 Å². The molecule has 4 bridgehead atoms. The lowest BCUT2D eigenvalue weighted by atomic mass is 9.78. The Morgan fingerprint density at radius 2 is 1.91 bits per heavy atom. The Hall–Kier alpha value is -4.51. The first kappa shape index (κ1) is 34.9. The highest BCUT2D eigenvalue weighted by Crippen LogP contribution is 2.67. The molecule has 12 rings (SSSR count). The van der Waals surface area contributed by atoms with E-state index in [1.165, 1.54) is 25.8 Å². The second-order valence-electron chi connectivity index (χ2n) is 15.5. The summed E-state index contributed by atoms with van der Waals surface area (Å²) in [4.78, 5) is 30.6. The van der Waals surface area contributed by atoms with Gasteiger partial charge >= 0.3 is 11.9 Å². The number of aliphatic hydroxyl groups is 1. The van der Waals surface area contributed by atoms with Crippen LogP contribution in [0.15, 0.2) is 34.7 Å². The van der Waals surface area contributed by atoms with Crippen LogP contribution in [-0.2, 0) is 32.0 Å². The molecule has 2 fully saturated rings. The molecule has 9 heterocycles. The third kappa shape index (κ3) is 4.62. The van der Waals surface area contributed by atoms with Crippen LogP contribution in [0.25, 0.3) is 11.0 Å². The number of piperazine rings is 1. The standard InChI is InChI=1S/C40H42N4O10S/c1-17-10-20-12-39(48)15-43(4)29(26(20)31(46)32(17)49-5)30-36-28-27(35-34(51-16-52-35)18(2)33(28)53-19(3)45)24(44(30)39)14-50-38(47)40(55-36)37-23(11-21(13-41)42-40)22-8-6-7-9-25(22)54-37/h6-10,21,24,29-30,36,42,46,48H,11-16,41H2,1-5H3/t21-,24?,29+,30-,36-,39?,40+/m1/s1. The number of hydrogen-bond acceptors (Lipinski definition) is 15. The van der Waals surface area contributed by atoms with Crippen molar-refractivity contribution in [2.24, 2.45) is 5.73 Å². The fourth-order valence-corrected chi connectivity index (χ4v) is 12.2. The average Bonchev–Trinajstić information content (AvgIpc) is 3.76. The Morgan fingerprint density at radius 3 is 2.67 bits per heavy atom. The Morgan fingerprint density at radius 1 is 1.13 bits per heavy atom. The zero-order valence-electron chi connectivity index (χ0n) is 31.1. The van der Waals surface area contributed by atoms with Gasteiger partial charge < -0.3 is 44.0 Å². The maximum atomic E-state index is 15.1. The molecule has 1 spiro atoms. The number of thioether (sulfide) groups is 1. The number of aromatic hydroxyl groups is 1. The molecule has 0 radical (unpaired) electrons. The summed E-state index contributed by atoms with van der Waals surface area (Å²) in [6, 6.07) is 7.27. The Bertz CT molecular complexity index is 2350. The molecule has 15 heteroatoms. The van der Waals surface area contributed by atoms with E-state index >= 15 is 4.79 Å². The van der Waals surface area contributed by atoms with E-state index in [4.69, 9.17) is 33.8 Å². The number of rotatable bonds is 3. The molecule has 8 atom stereocenters. The molecule has 0 saturated carbocycles. The SMILES string of the molecule is COc1c(C)cc2c(c1O)[C@H]1[C@@H]3[C@@H]4S[C@]5(N[C@@H](CN)Cc6c5oc5ccccc65)C(=O)OCC(c5c6c(c(C)c(OC(C)=O)c54)OCO6)N3C(O)(C2)CN1C. The van der Waals surface area contributed by atoms with Gasteiger partial charge in [0.25, 0.3) is 0 Å². The number of esters is 2. The number of phenolic OH excluding ortho intramolecular Hbond substituents is 1. The summed E-state index contributed by atoms with van der Waals surface area (Å²) in [5.41, 5.74) is 10.3. The lowest BCUT2D eigenvalue weighted by molar-refractivity contribution is -0.213. The van der Waals surface area contributed by atoms with Crippen molar-refractivity contribution in [3.63, 3.8) is 0 Å². The number of benzene rings is 3. The van der Waals surface area contributed by atoms with E-state index in [1.54, 1.807) is 0 Å². The number of hydrogen-bond donors (Lipinski definition) is 4. The molecule has 0 amide bonds. The molecule has 288 valence electrons. The monoisotopic (exact) mass is 770 g/mol. The van der Waals surface area contributed by atoms with Gasteiger partial charge in [0, 0.05) is 71.7 Å². The van der Waals surface area contributed by atoms with Gasteiger partial charge in [-0.05, 0) is 44.5 Å². The Balaban J connectivity index is 1.32. The molecule has 5 N–H and O–H groups in total. The second-order valence-corrected chi connectivity index (χ2v) is 16.9. The number of likely N-dealkylation sites (N-methyl/N-ethyl adjacent to an activating group) is 1. The van der Waals surface area contributed by atoms with Crippen molar-refractivity contribution in [3.8, 4) is 28.7 Å². The maximum absolute atomic E-state index is 15.1. The first-order chi connectivity index (χ1) is 26.4. The molecule has 3 unspecified atom stereocenters. The fourth-order valence-electron chi connectivity index (χ4n) is 10.4. The number of nitrogens with one attached hydrogen (secondary N) is 1. The molecule has 3 aromatic carbocycles. The number of methoxy groups -OCH3 is 1. The van der Waals surface area contributed by atoms with Crippen LogP contribution < -0.4 is 30.0 Å². The molecule has 55 heavy (non-hydrogen) atoms. The Labute approximate surface area is 320 Å². The van der Waals surface area contributed by atoms with Crippen LogP contribution in [0.5, 0.6) is 28.7 Å². The summed E-state index contributed by atoms with van der Waals surface area (Å²) < 4.78 is 37.3. The quantitative estimate of drug-likeness (QED) is 0.175. The summed E-state index contributed by atoms with van der Waals surface area (Å²) in [7, 11) is 3.45. The van der Waals surface area contributed by atoms with E-state index in [0.717, 1.165) is 22.1 Å². The highest BCUT2D eigenvalue weighted by Gasteiger charge is 2.66. The van der Waals surface area contributed by atoms with Crippen molar-refractivity contribution >= 4 is 34.7 Å². The van der Waals surface area contributed by atoms with Crippen molar-refractivity contribution in [1.29, 1.82) is 0 Å². The molecule has 4 aromatic rings. The molecule has 2 saturated heterocycles. The van der Waals surface area contributed by atoms with E-state index < -0.39 is 45.9 Å². The number of ether oxygens (including phenoxy) is 5. The summed E-state index contributed by atoms with van der Waals surface area (Å²) in [6.07, 6.45) is 0.670. The van der Waals surface area contributed by atoms with Crippen molar-refractivity contribution in [3.05, 3.63) is 75.0 Å². The van der Waals surface area contributed by atoms with Gasteiger partial charge in [-0.15, -0.1) is 11.8 Å². The number of nitrogens with zero attached hydrogens (tertiary/aromatic N) is 2.